The van der Waals surface area contributed by atoms with E-state index in [0.717, 1.165) is 18.6 Å². The maximum Gasteiger partial charge on any atom is 0.315 e. The lowest BCUT2D eigenvalue weighted by Crippen LogP contribution is -2.56. The van der Waals surface area contributed by atoms with Crippen molar-refractivity contribution in [1.82, 2.24) is 48.0 Å². The maximum absolute atomic E-state index is 13.6. The van der Waals surface area contributed by atoms with Crippen LogP contribution in [0, 0.1) is 5.92 Å². The molecule has 1 aromatic rings. The monoisotopic (exact) mass is 934 g/mol. The number of fused-ring (bicyclic) bond motifs is 1. The maximum atomic E-state index is 13.6. The minimum Gasteiger partial charge on any atom is -0.481 e. The van der Waals surface area contributed by atoms with Crippen LogP contribution < -0.4 is 53.7 Å². The predicted molar refractivity (Wildman–Crippen MR) is 229 cm³/mol. The lowest BCUT2D eigenvalue weighted by molar-refractivity contribution is -0.143. The second kappa shape index (κ2) is 27.6. The summed E-state index contributed by atoms with van der Waals surface area (Å²) in [5.74, 6) is -10.1. The average Bonchev–Trinajstić information content (AvgIpc) is 3.82. The number of nitrogens with one attached hydrogen (secondary N) is 9. The number of hydroxylamine groups is 1. The van der Waals surface area contributed by atoms with Gasteiger partial charge in [-0.3, -0.25) is 53.2 Å². The Morgan fingerprint density at radius 2 is 1.40 bits per heavy atom. The fourth-order valence-corrected chi connectivity index (χ4v) is 8.57. The molecule has 10 amide bonds. The van der Waals surface area contributed by atoms with Crippen molar-refractivity contribution in [2.24, 2.45) is 11.7 Å². The molecule has 0 aliphatic carbocycles. The number of carboxylic acids is 2. The number of carboxylic acid groups (broad SMARTS) is 2. The van der Waals surface area contributed by atoms with Gasteiger partial charge in [-0.2, -0.15) is 11.8 Å². The van der Waals surface area contributed by atoms with E-state index in [1.807, 2.05) is 11.8 Å². The number of hydrogen-bond acceptors (Lipinski definition) is 13. The summed E-state index contributed by atoms with van der Waals surface area (Å²) in [5.41, 5.74) is 7.28. The van der Waals surface area contributed by atoms with E-state index in [2.05, 4.69) is 42.5 Å². The van der Waals surface area contributed by atoms with Crippen LogP contribution in [0.2, 0.25) is 0 Å². The molecule has 358 valence electrons. The molecule has 2 aliphatic rings. The van der Waals surface area contributed by atoms with Crippen molar-refractivity contribution in [2.75, 3.05) is 25.4 Å². The molecule has 0 saturated carbocycles. The Kier molecular flexibility index (Phi) is 22.5. The Labute approximate surface area is 377 Å². The second-order valence-corrected chi connectivity index (χ2v) is 16.8. The van der Waals surface area contributed by atoms with E-state index in [0.29, 0.717) is 43.0 Å². The Hall–Kier alpha value is -6.50. The van der Waals surface area contributed by atoms with Crippen molar-refractivity contribution < 1.29 is 68.2 Å². The molecular formula is C40H58N10O14S. The number of carbonyl (C=O) groups excluding carboxylic acids is 9. The number of hydrogen-bond donors (Lipinski definition) is 13. The highest BCUT2D eigenvalue weighted by Gasteiger charge is 2.42. The SMILES string of the molecule is NC(=O)[C@H](CCCCNC(=O)CCCC[C@@H]1SC[C@@H]2NC(=O)N[C@@H]21)NC(=O)CNC(=O)CNC(=O)[C@H](CCC(=O)O)NC(=O)[C@H](Cc1ccccc1)NC(=O)C(CC(=O)O)CC(=O)NO. The molecule has 2 aliphatic heterocycles. The van der Waals surface area contributed by atoms with Crippen molar-refractivity contribution in [1.29, 1.82) is 0 Å². The summed E-state index contributed by atoms with van der Waals surface area (Å²) in [6.07, 6.45) is 0.973. The van der Waals surface area contributed by atoms with Crippen LogP contribution in [-0.2, 0) is 54.4 Å². The van der Waals surface area contributed by atoms with Crippen LogP contribution in [0.25, 0.3) is 0 Å². The van der Waals surface area contributed by atoms with Crippen LogP contribution in [0.4, 0.5) is 4.79 Å². The molecule has 1 aromatic carbocycles. The van der Waals surface area contributed by atoms with Gasteiger partial charge < -0.3 is 58.5 Å². The Morgan fingerprint density at radius 3 is 2.08 bits per heavy atom. The highest BCUT2D eigenvalue weighted by atomic mass is 32.2. The van der Waals surface area contributed by atoms with E-state index in [1.165, 1.54) is 5.48 Å². The standard InChI is InChI=1S/C40H58N10O14S/c41-36(59)24(10-6-7-15-42-29(51)12-5-4-11-28-35-27(21-65-28)48-40(63)49-35)45-32(54)20-43-31(53)19-44-38(61)25(13-14-33(55)56)46-39(62)26(16-22-8-2-1-3-9-22)47-37(60)23(18-34(57)58)17-30(52)50-64/h1-3,8-9,23-28,35,64H,4-7,10-21H2,(H2,41,59)(H,42,51)(H,43,53)(H,44,61)(H,45,54)(H,46,62)(H,47,60)(H,50,52)(H,55,56)(H,57,58)(H2,48,49,63)/t23?,24-,25-,26-,27-,28-,35-/m0/s1. The summed E-state index contributed by atoms with van der Waals surface area (Å²) in [6, 6.07) is 4.17. The van der Waals surface area contributed by atoms with Gasteiger partial charge in [0.05, 0.1) is 37.5 Å². The molecule has 14 N–H and O–H groups in total. The van der Waals surface area contributed by atoms with Gasteiger partial charge in [0.1, 0.15) is 18.1 Å². The van der Waals surface area contributed by atoms with Gasteiger partial charge in [-0.1, -0.05) is 36.8 Å². The molecule has 2 fully saturated rings. The van der Waals surface area contributed by atoms with Gasteiger partial charge in [-0.15, -0.1) is 0 Å². The molecule has 0 bridgehead atoms. The lowest BCUT2D eigenvalue weighted by Gasteiger charge is -2.24. The molecule has 25 heteroatoms. The molecule has 65 heavy (non-hydrogen) atoms. The van der Waals surface area contributed by atoms with E-state index in [-0.39, 0.29) is 36.9 Å². The van der Waals surface area contributed by atoms with Crippen LogP contribution in [0.1, 0.15) is 76.2 Å². The summed E-state index contributed by atoms with van der Waals surface area (Å²) in [5, 5.41) is 48.1. The summed E-state index contributed by atoms with van der Waals surface area (Å²) < 4.78 is 0. The van der Waals surface area contributed by atoms with Gasteiger partial charge in [-0.25, -0.2) is 10.3 Å². The van der Waals surface area contributed by atoms with E-state index in [4.69, 9.17) is 10.9 Å². The first-order valence-electron chi connectivity index (χ1n) is 21.0. The summed E-state index contributed by atoms with van der Waals surface area (Å²) >= 11 is 1.81. The van der Waals surface area contributed by atoms with Crippen molar-refractivity contribution in [3.05, 3.63) is 35.9 Å². The second-order valence-electron chi connectivity index (χ2n) is 15.5. The van der Waals surface area contributed by atoms with Gasteiger partial charge in [0, 0.05) is 43.2 Å². The Balaban J connectivity index is 1.43. The zero-order valence-electron chi connectivity index (χ0n) is 35.6. The highest BCUT2D eigenvalue weighted by molar-refractivity contribution is 8.00. The first kappa shape index (κ1) is 52.8. The fourth-order valence-electron chi connectivity index (χ4n) is 7.02. The van der Waals surface area contributed by atoms with Crippen LogP contribution in [0.3, 0.4) is 0 Å². The molecule has 24 nitrogen and oxygen atoms in total. The van der Waals surface area contributed by atoms with Crippen LogP contribution in [-0.4, -0.2) is 141 Å². The minimum atomic E-state index is -1.57. The van der Waals surface area contributed by atoms with E-state index in [1.54, 1.807) is 30.3 Å². The number of amides is 10. The van der Waals surface area contributed by atoms with Crippen molar-refractivity contribution in [3.63, 3.8) is 0 Å². The number of thioether (sulfide) groups is 1. The zero-order valence-corrected chi connectivity index (χ0v) is 36.4. The van der Waals surface area contributed by atoms with Gasteiger partial charge >= 0.3 is 18.0 Å². The van der Waals surface area contributed by atoms with E-state index in [9.17, 15) is 63.0 Å². The molecule has 0 spiro atoms. The van der Waals surface area contributed by atoms with Crippen molar-refractivity contribution >= 4 is 77.0 Å². The first-order chi connectivity index (χ1) is 30.9. The van der Waals surface area contributed by atoms with Crippen molar-refractivity contribution in [3.8, 4) is 0 Å². The topological polar surface area (TPSA) is 383 Å². The number of unbranched alkanes of at least 4 members (excludes halogenated alkanes) is 2. The summed E-state index contributed by atoms with van der Waals surface area (Å²) in [7, 11) is 0. The number of rotatable bonds is 30. The quantitative estimate of drug-likeness (QED) is 0.0161. The average molecular weight is 935 g/mol. The predicted octanol–water partition coefficient (Wildman–Crippen LogP) is -2.74. The third kappa shape index (κ3) is 19.8. The highest BCUT2D eigenvalue weighted by Crippen LogP contribution is 2.33. The van der Waals surface area contributed by atoms with Crippen molar-refractivity contribution in [2.45, 2.75) is 113 Å². The number of aliphatic carboxylic acids is 2. The number of urea groups is 1. The molecule has 7 atom stereocenters. The third-order valence-corrected chi connectivity index (χ3v) is 11.9. The van der Waals surface area contributed by atoms with E-state index >= 15 is 0 Å². The molecule has 0 radical (unpaired) electrons. The smallest absolute Gasteiger partial charge is 0.315 e. The third-order valence-electron chi connectivity index (χ3n) is 10.4. The molecule has 2 heterocycles. The van der Waals surface area contributed by atoms with Gasteiger partial charge in [0.2, 0.25) is 47.3 Å². The van der Waals surface area contributed by atoms with Gasteiger partial charge in [-0.05, 0) is 44.1 Å². The molecule has 0 aromatic heterocycles. The Bertz CT molecular complexity index is 1870. The lowest BCUT2D eigenvalue weighted by atomic mass is 9.98. The summed E-state index contributed by atoms with van der Waals surface area (Å²) in [4.78, 5) is 135. The van der Waals surface area contributed by atoms with Gasteiger partial charge in [0.15, 0.2) is 0 Å². The normalized spacial score (nSPS) is 17.9. The first-order valence-corrected chi connectivity index (χ1v) is 22.1. The van der Waals surface area contributed by atoms with Crippen LogP contribution >= 0.6 is 11.8 Å². The summed E-state index contributed by atoms with van der Waals surface area (Å²) in [6.45, 7) is -1.01. The molecule has 2 saturated heterocycles. The van der Waals surface area contributed by atoms with Gasteiger partial charge in [0.25, 0.3) is 0 Å². The number of carbonyl (C=O) groups is 11. The molecular weight excluding hydrogens is 877 g/mol. The number of primary amides is 1. The minimum absolute atomic E-state index is 0.114. The zero-order chi connectivity index (χ0) is 47.9. The largest absolute Gasteiger partial charge is 0.481 e. The number of nitrogens with two attached hydrogens (primary N) is 1. The molecule has 1 unspecified atom stereocenters. The molecule has 3 rings (SSSR count). The fraction of sp³-hybridized carbons (Fsp3) is 0.575. The number of benzene rings is 1. The van der Waals surface area contributed by atoms with Crippen LogP contribution in [0.5, 0.6) is 0 Å². The van der Waals surface area contributed by atoms with E-state index < -0.39 is 116 Å². The Morgan fingerprint density at radius 1 is 0.692 bits per heavy atom. The van der Waals surface area contributed by atoms with Crippen LogP contribution in [0.15, 0.2) is 30.3 Å².